The summed E-state index contributed by atoms with van der Waals surface area (Å²) in [6.07, 6.45) is 3.78. The van der Waals surface area contributed by atoms with Gasteiger partial charge in [-0.1, -0.05) is 18.2 Å². The van der Waals surface area contributed by atoms with E-state index in [0.717, 1.165) is 36.1 Å². The normalized spacial score (nSPS) is 12.8. The fraction of sp³-hybridized carbons (Fsp3) is 0.350. The summed E-state index contributed by atoms with van der Waals surface area (Å²) in [4.78, 5) is 37.7. The van der Waals surface area contributed by atoms with Crippen LogP contribution in [0.3, 0.4) is 0 Å². The summed E-state index contributed by atoms with van der Waals surface area (Å²) >= 11 is 1.40. The Morgan fingerprint density at radius 1 is 1.04 bits per heavy atom. The molecule has 0 saturated heterocycles. The topological polar surface area (TPSA) is 81.7 Å². The lowest BCUT2D eigenvalue weighted by atomic mass is 9.95. The van der Waals surface area contributed by atoms with Crippen LogP contribution in [-0.2, 0) is 27.1 Å². The smallest absolute Gasteiger partial charge is 0.341 e. The first-order valence-electron chi connectivity index (χ1n) is 8.93. The number of carbonyl (C=O) groups excluding carboxylic acids is 3. The zero-order valence-electron chi connectivity index (χ0n) is 15.1. The molecule has 2 aromatic rings. The first kappa shape index (κ1) is 19.1. The van der Waals surface area contributed by atoms with Gasteiger partial charge in [0, 0.05) is 4.88 Å². The van der Waals surface area contributed by atoms with Crippen molar-refractivity contribution in [1.82, 2.24) is 0 Å². The Kier molecular flexibility index (Phi) is 6.24. The Morgan fingerprint density at radius 2 is 1.78 bits per heavy atom. The maximum absolute atomic E-state index is 12.4. The molecule has 1 aromatic heterocycles. The predicted molar refractivity (Wildman–Crippen MR) is 102 cm³/mol. The van der Waals surface area contributed by atoms with Gasteiger partial charge in [0.15, 0.2) is 6.61 Å². The van der Waals surface area contributed by atoms with E-state index in [4.69, 9.17) is 9.47 Å². The van der Waals surface area contributed by atoms with Crippen molar-refractivity contribution in [3.05, 3.63) is 51.9 Å². The maximum atomic E-state index is 12.4. The molecular weight excluding hydrogens is 366 g/mol. The van der Waals surface area contributed by atoms with E-state index in [1.165, 1.54) is 11.3 Å². The maximum Gasteiger partial charge on any atom is 0.341 e. The molecule has 27 heavy (non-hydrogen) atoms. The van der Waals surface area contributed by atoms with Crippen LogP contribution >= 0.6 is 11.3 Å². The Bertz CT molecular complexity index is 844. The molecule has 0 spiro atoms. The Labute approximate surface area is 161 Å². The van der Waals surface area contributed by atoms with Crippen LogP contribution in [0.25, 0.3) is 0 Å². The number of amides is 1. The number of fused-ring (bicyclic) bond motifs is 1. The van der Waals surface area contributed by atoms with Gasteiger partial charge in [-0.25, -0.2) is 9.59 Å². The van der Waals surface area contributed by atoms with Crippen molar-refractivity contribution in [3.8, 4) is 0 Å². The summed E-state index contributed by atoms with van der Waals surface area (Å²) in [6.45, 7) is 1.60. The Hall–Kier alpha value is -2.67. The number of carbonyl (C=O) groups is 3. The zero-order valence-corrected chi connectivity index (χ0v) is 15.9. The van der Waals surface area contributed by atoms with Crippen molar-refractivity contribution < 1.29 is 23.9 Å². The molecular formula is C20H21NO5S. The number of aryl methyl sites for hydroxylation is 1. The number of benzene rings is 1. The lowest BCUT2D eigenvalue weighted by Crippen LogP contribution is -2.22. The zero-order chi connectivity index (χ0) is 19.2. The standard InChI is InChI=1S/C20H21NO5S/c1-2-25-20(24)17-14-10-6-7-11-15(14)27-18(17)21-16(22)12-26-19(23)13-8-4-3-5-9-13/h3-5,8-9H,2,6-7,10-12H2,1H3,(H,21,22). The molecule has 0 atom stereocenters. The summed E-state index contributed by atoms with van der Waals surface area (Å²) in [6, 6.07) is 8.47. The minimum Gasteiger partial charge on any atom is -0.462 e. The second-order valence-electron chi connectivity index (χ2n) is 6.13. The van der Waals surface area contributed by atoms with Crippen LogP contribution in [0.15, 0.2) is 30.3 Å². The third-order valence-electron chi connectivity index (χ3n) is 4.25. The molecule has 1 amide bonds. The van der Waals surface area contributed by atoms with Crippen LogP contribution in [0.2, 0.25) is 0 Å². The number of rotatable bonds is 6. The molecule has 1 aliphatic carbocycles. The summed E-state index contributed by atoms with van der Waals surface area (Å²) in [5.74, 6) is -1.47. The van der Waals surface area contributed by atoms with Gasteiger partial charge in [-0.2, -0.15) is 0 Å². The van der Waals surface area contributed by atoms with Crippen molar-refractivity contribution in [1.29, 1.82) is 0 Å². The molecule has 1 heterocycles. The highest BCUT2D eigenvalue weighted by Crippen LogP contribution is 2.38. The van der Waals surface area contributed by atoms with Gasteiger partial charge in [-0.05, 0) is 50.3 Å². The van der Waals surface area contributed by atoms with Crippen molar-refractivity contribution >= 4 is 34.2 Å². The van der Waals surface area contributed by atoms with Crippen molar-refractivity contribution in [2.24, 2.45) is 0 Å². The van der Waals surface area contributed by atoms with Gasteiger partial charge in [0.2, 0.25) is 0 Å². The molecule has 0 unspecified atom stereocenters. The molecule has 1 aliphatic rings. The molecule has 6 nitrogen and oxygen atoms in total. The second-order valence-corrected chi connectivity index (χ2v) is 7.23. The second kappa shape index (κ2) is 8.81. The molecule has 7 heteroatoms. The van der Waals surface area contributed by atoms with Gasteiger partial charge in [0.05, 0.1) is 17.7 Å². The molecule has 0 saturated carbocycles. The third-order valence-corrected chi connectivity index (χ3v) is 5.45. The van der Waals surface area contributed by atoms with Crippen LogP contribution in [0, 0.1) is 0 Å². The first-order valence-corrected chi connectivity index (χ1v) is 9.75. The minimum atomic E-state index is -0.568. The van der Waals surface area contributed by atoms with Crippen LogP contribution in [0.4, 0.5) is 5.00 Å². The molecule has 1 aromatic carbocycles. The minimum absolute atomic E-state index is 0.269. The number of hydrogen-bond donors (Lipinski definition) is 1. The van der Waals surface area contributed by atoms with Gasteiger partial charge in [0.1, 0.15) is 5.00 Å². The van der Waals surface area contributed by atoms with Crippen LogP contribution in [0.1, 0.15) is 50.9 Å². The van der Waals surface area contributed by atoms with Gasteiger partial charge in [0.25, 0.3) is 5.91 Å². The average molecular weight is 387 g/mol. The third kappa shape index (κ3) is 4.54. The van der Waals surface area contributed by atoms with E-state index in [2.05, 4.69) is 5.32 Å². The van der Waals surface area contributed by atoms with E-state index in [1.807, 2.05) is 0 Å². The number of ether oxygens (including phenoxy) is 2. The predicted octanol–water partition coefficient (Wildman–Crippen LogP) is 3.60. The summed E-state index contributed by atoms with van der Waals surface area (Å²) in [5, 5.41) is 3.19. The van der Waals surface area contributed by atoms with Crippen LogP contribution in [-0.4, -0.2) is 31.1 Å². The van der Waals surface area contributed by atoms with Gasteiger partial charge in [-0.15, -0.1) is 11.3 Å². The van der Waals surface area contributed by atoms with E-state index < -0.39 is 24.5 Å². The Balaban J connectivity index is 1.69. The molecule has 1 N–H and O–H groups in total. The highest BCUT2D eigenvalue weighted by Gasteiger charge is 2.27. The van der Waals surface area contributed by atoms with E-state index in [1.54, 1.807) is 37.3 Å². The fourth-order valence-electron chi connectivity index (χ4n) is 3.02. The molecule has 0 aliphatic heterocycles. The van der Waals surface area contributed by atoms with Crippen molar-refractivity contribution in [2.75, 3.05) is 18.5 Å². The van der Waals surface area contributed by atoms with Crippen molar-refractivity contribution in [3.63, 3.8) is 0 Å². The lowest BCUT2D eigenvalue weighted by molar-refractivity contribution is -0.119. The van der Waals surface area contributed by atoms with Gasteiger partial charge >= 0.3 is 11.9 Å². The van der Waals surface area contributed by atoms with Crippen LogP contribution in [0.5, 0.6) is 0 Å². The highest BCUT2D eigenvalue weighted by molar-refractivity contribution is 7.17. The van der Waals surface area contributed by atoms with Crippen LogP contribution < -0.4 is 5.32 Å². The number of anilines is 1. The highest BCUT2D eigenvalue weighted by atomic mass is 32.1. The monoisotopic (exact) mass is 387 g/mol. The quantitative estimate of drug-likeness (QED) is 0.766. The number of thiophene rings is 1. The average Bonchev–Trinajstić information content (AvgIpc) is 3.04. The van der Waals surface area contributed by atoms with Gasteiger partial charge < -0.3 is 14.8 Å². The molecule has 142 valence electrons. The first-order chi connectivity index (χ1) is 13.1. The molecule has 0 bridgehead atoms. The lowest BCUT2D eigenvalue weighted by Gasteiger charge is -2.12. The molecule has 0 radical (unpaired) electrons. The summed E-state index contributed by atoms with van der Waals surface area (Å²) < 4.78 is 10.2. The van der Waals surface area contributed by atoms with Crippen molar-refractivity contribution in [2.45, 2.75) is 32.6 Å². The largest absolute Gasteiger partial charge is 0.462 e. The van der Waals surface area contributed by atoms with E-state index >= 15 is 0 Å². The number of nitrogens with one attached hydrogen (secondary N) is 1. The summed E-state index contributed by atoms with van der Waals surface area (Å²) in [7, 11) is 0. The number of esters is 2. The van der Waals surface area contributed by atoms with Gasteiger partial charge in [-0.3, -0.25) is 4.79 Å². The van der Waals surface area contributed by atoms with E-state index in [9.17, 15) is 14.4 Å². The molecule has 0 fully saturated rings. The number of hydrogen-bond acceptors (Lipinski definition) is 6. The fourth-order valence-corrected chi connectivity index (χ4v) is 4.32. The van der Waals surface area contributed by atoms with E-state index in [0.29, 0.717) is 16.1 Å². The molecule has 3 rings (SSSR count). The summed E-state index contributed by atoms with van der Waals surface area (Å²) in [5.41, 5.74) is 1.80. The Morgan fingerprint density at radius 3 is 2.52 bits per heavy atom. The van der Waals surface area contributed by atoms with E-state index in [-0.39, 0.29) is 6.61 Å². The SMILES string of the molecule is CCOC(=O)c1c(NC(=O)COC(=O)c2ccccc2)sc2c1CCCC2.